The van der Waals surface area contributed by atoms with Gasteiger partial charge < -0.3 is 4.98 Å². The normalized spacial score (nSPS) is 13.2. The number of aromatic nitrogens is 2. The van der Waals surface area contributed by atoms with Crippen LogP contribution >= 0.6 is 0 Å². The molecule has 72 valence electrons. The Labute approximate surface area is 78.2 Å². The van der Waals surface area contributed by atoms with Crippen LogP contribution in [0.2, 0.25) is 0 Å². The first-order valence-corrected chi connectivity index (χ1v) is 4.86. The number of nitrogens with zero attached hydrogens (tertiary/aromatic N) is 1. The van der Waals surface area contributed by atoms with E-state index in [1.54, 1.807) is 0 Å². The van der Waals surface area contributed by atoms with Crippen LogP contribution in [-0.4, -0.2) is 9.97 Å². The van der Waals surface area contributed by atoms with E-state index in [9.17, 15) is 4.79 Å². The molecule has 1 aromatic heterocycles. The fourth-order valence-electron chi connectivity index (χ4n) is 1.64. The van der Waals surface area contributed by atoms with Crippen LogP contribution in [0.25, 0.3) is 0 Å². The van der Waals surface area contributed by atoms with Crippen LogP contribution in [0.5, 0.6) is 0 Å². The number of H-pyrrole nitrogens is 1. The summed E-state index contributed by atoms with van der Waals surface area (Å²) in [5.41, 5.74) is 3.05. The van der Waals surface area contributed by atoms with Crippen molar-refractivity contribution < 1.29 is 0 Å². The van der Waals surface area contributed by atoms with Crippen LogP contribution in [0.4, 0.5) is 0 Å². The molecule has 13 heavy (non-hydrogen) atoms. The summed E-state index contributed by atoms with van der Waals surface area (Å²) in [6.07, 6.45) is 3.19. The van der Waals surface area contributed by atoms with E-state index in [1.165, 1.54) is 5.56 Å². The first-order valence-electron chi connectivity index (χ1n) is 4.86. The third kappa shape index (κ3) is 1.97. The second-order valence-corrected chi connectivity index (χ2v) is 2.95. The molecule has 1 heterocycles. The van der Waals surface area contributed by atoms with Gasteiger partial charge in [-0.3, -0.25) is 0 Å². The fourth-order valence-corrected chi connectivity index (χ4v) is 1.64. The van der Waals surface area contributed by atoms with Gasteiger partial charge in [-0.25, -0.2) is 4.79 Å². The summed E-state index contributed by atoms with van der Waals surface area (Å²) in [5, 5.41) is 0. The lowest BCUT2D eigenvalue weighted by molar-refractivity contribution is 0.895. The van der Waals surface area contributed by atoms with Crippen molar-refractivity contribution in [2.45, 2.75) is 40.0 Å². The lowest BCUT2D eigenvalue weighted by atomic mass is 10.2. The highest BCUT2D eigenvalue weighted by Crippen LogP contribution is 2.19. The van der Waals surface area contributed by atoms with Gasteiger partial charge in [0, 0.05) is 5.69 Å². The van der Waals surface area contributed by atoms with Crippen LogP contribution in [0, 0.1) is 6.92 Å². The Morgan fingerprint density at radius 1 is 1.31 bits per heavy atom. The molecule has 3 nitrogen and oxygen atoms in total. The third-order valence-corrected chi connectivity index (χ3v) is 2.17. The maximum atomic E-state index is 10.9. The quantitative estimate of drug-likeness (QED) is 0.659. The number of fused-ring (bicyclic) bond motifs is 1. The van der Waals surface area contributed by atoms with Crippen molar-refractivity contribution >= 4 is 0 Å². The van der Waals surface area contributed by atoms with Gasteiger partial charge in [0.05, 0.1) is 5.69 Å². The van der Waals surface area contributed by atoms with Crippen molar-refractivity contribution in [3.8, 4) is 0 Å². The van der Waals surface area contributed by atoms with E-state index in [0.29, 0.717) is 0 Å². The van der Waals surface area contributed by atoms with Gasteiger partial charge in [0.25, 0.3) is 0 Å². The molecule has 1 N–H and O–H groups in total. The van der Waals surface area contributed by atoms with E-state index in [0.717, 1.165) is 30.7 Å². The van der Waals surface area contributed by atoms with Crippen molar-refractivity contribution in [1.82, 2.24) is 9.97 Å². The predicted molar refractivity (Wildman–Crippen MR) is 53.0 cm³/mol. The minimum Gasteiger partial charge on any atom is -0.310 e. The van der Waals surface area contributed by atoms with E-state index >= 15 is 0 Å². The molecule has 0 saturated carbocycles. The molecular weight excluding hydrogens is 164 g/mol. The van der Waals surface area contributed by atoms with Crippen molar-refractivity contribution in [3.05, 3.63) is 27.4 Å². The van der Waals surface area contributed by atoms with Crippen LogP contribution < -0.4 is 5.69 Å². The van der Waals surface area contributed by atoms with Crippen molar-refractivity contribution in [2.24, 2.45) is 0 Å². The Kier molecular flexibility index (Phi) is 3.23. The minimum absolute atomic E-state index is 0.205. The number of rotatable bonds is 0. The van der Waals surface area contributed by atoms with Gasteiger partial charge in [-0.15, -0.1) is 0 Å². The predicted octanol–water partition coefficient (Wildman–Crippen LogP) is 1.59. The third-order valence-electron chi connectivity index (χ3n) is 2.17. The molecule has 0 unspecified atom stereocenters. The Hall–Kier alpha value is -1.12. The van der Waals surface area contributed by atoms with Crippen LogP contribution in [0.3, 0.4) is 0 Å². The largest absolute Gasteiger partial charge is 0.345 e. The molecule has 0 aromatic carbocycles. The van der Waals surface area contributed by atoms with Crippen molar-refractivity contribution in [2.75, 3.05) is 0 Å². The van der Waals surface area contributed by atoms with Crippen LogP contribution in [-0.2, 0) is 12.8 Å². The van der Waals surface area contributed by atoms with Gasteiger partial charge in [-0.2, -0.15) is 4.98 Å². The summed E-state index contributed by atoms with van der Waals surface area (Å²) in [4.78, 5) is 17.5. The Morgan fingerprint density at radius 2 is 2.00 bits per heavy atom. The zero-order valence-electron chi connectivity index (χ0n) is 8.48. The first-order chi connectivity index (χ1) is 6.27. The topological polar surface area (TPSA) is 45.8 Å². The molecule has 3 heteroatoms. The zero-order valence-corrected chi connectivity index (χ0v) is 8.48. The molecule has 0 bridgehead atoms. The molecule has 0 fully saturated rings. The number of aromatic amines is 1. The standard InChI is InChI=1S/C8H10N2O.C2H6/c1-5-6-3-2-4-7(6)10-8(11)9-5;1-2/h2-4H2,1H3,(H,9,10,11);1-2H3. The molecule has 2 rings (SSSR count). The molecule has 0 saturated heterocycles. The number of hydrogen-bond donors (Lipinski definition) is 1. The van der Waals surface area contributed by atoms with E-state index < -0.39 is 0 Å². The molecule has 1 aromatic rings. The Balaban J connectivity index is 0.000000396. The number of aryl methyl sites for hydroxylation is 2. The summed E-state index contributed by atoms with van der Waals surface area (Å²) in [6, 6.07) is 0. The minimum atomic E-state index is -0.205. The average molecular weight is 180 g/mol. The lowest BCUT2D eigenvalue weighted by Crippen LogP contribution is -2.14. The van der Waals surface area contributed by atoms with E-state index in [-0.39, 0.29) is 5.69 Å². The van der Waals surface area contributed by atoms with Crippen LogP contribution in [0.15, 0.2) is 4.79 Å². The van der Waals surface area contributed by atoms with Crippen LogP contribution in [0.1, 0.15) is 37.2 Å². The second-order valence-electron chi connectivity index (χ2n) is 2.95. The molecule has 0 atom stereocenters. The van der Waals surface area contributed by atoms with Crippen molar-refractivity contribution in [1.29, 1.82) is 0 Å². The monoisotopic (exact) mass is 180 g/mol. The zero-order chi connectivity index (χ0) is 9.84. The second kappa shape index (κ2) is 4.21. The van der Waals surface area contributed by atoms with Gasteiger partial charge in [-0.05, 0) is 31.7 Å². The van der Waals surface area contributed by atoms with Gasteiger partial charge in [0.2, 0.25) is 0 Å². The smallest absolute Gasteiger partial charge is 0.310 e. The fraction of sp³-hybridized carbons (Fsp3) is 0.600. The molecular formula is C10H16N2O. The summed E-state index contributed by atoms with van der Waals surface area (Å²) in [5.74, 6) is 0. The molecule has 0 amide bonds. The molecule has 1 aliphatic carbocycles. The van der Waals surface area contributed by atoms with E-state index in [1.807, 2.05) is 20.8 Å². The highest BCUT2D eigenvalue weighted by atomic mass is 16.1. The van der Waals surface area contributed by atoms with E-state index in [2.05, 4.69) is 9.97 Å². The molecule has 0 aliphatic heterocycles. The maximum absolute atomic E-state index is 10.9. The Morgan fingerprint density at radius 3 is 2.69 bits per heavy atom. The molecule has 0 spiro atoms. The maximum Gasteiger partial charge on any atom is 0.345 e. The summed E-state index contributed by atoms with van der Waals surface area (Å²) < 4.78 is 0. The SMILES string of the molecule is CC.Cc1[nH]c(=O)nc2c1CCC2. The summed E-state index contributed by atoms with van der Waals surface area (Å²) in [6.45, 7) is 5.94. The highest BCUT2D eigenvalue weighted by molar-refractivity contribution is 5.27. The average Bonchev–Trinajstić information content (AvgIpc) is 2.55. The van der Waals surface area contributed by atoms with Gasteiger partial charge in [0.1, 0.15) is 0 Å². The summed E-state index contributed by atoms with van der Waals surface area (Å²) in [7, 11) is 0. The first kappa shape index (κ1) is 9.96. The molecule has 0 radical (unpaired) electrons. The van der Waals surface area contributed by atoms with Gasteiger partial charge >= 0.3 is 5.69 Å². The van der Waals surface area contributed by atoms with Crippen molar-refractivity contribution in [3.63, 3.8) is 0 Å². The number of nitrogens with one attached hydrogen (secondary N) is 1. The van der Waals surface area contributed by atoms with E-state index in [4.69, 9.17) is 0 Å². The lowest BCUT2D eigenvalue weighted by Gasteiger charge is -1.99. The highest BCUT2D eigenvalue weighted by Gasteiger charge is 2.14. The van der Waals surface area contributed by atoms with Gasteiger partial charge in [-0.1, -0.05) is 13.8 Å². The number of hydrogen-bond acceptors (Lipinski definition) is 2. The van der Waals surface area contributed by atoms with Gasteiger partial charge in [0.15, 0.2) is 0 Å². The summed E-state index contributed by atoms with van der Waals surface area (Å²) >= 11 is 0. The Bertz CT molecular complexity index is 341. The molecule has 1 aliphatic rings.